The van der Waals surface area contributed by atoms with Crippen molar-refractivity contribution in [3.05, 3.63) is 64.7 Å². The number of rotatable bonds is 10. The normalized spacial score (nSPS) is 13.7. The molecule has 0 unspecified atom stereocenters. The lowest BCUT2D eigenvalue weighted by Crippen LogP contribution is -2.15. The zero-order valence-electron chi connectivity index (χ0n) is 21.8. The fourth-order valence-corrected chi connectivity index (χ4v) is 5.73. The number of azo groups is 1. The number of benzene rings is 2. The van der Waals surface area contributed by atoms with Crippen LogP contribution >= 0.6 is 22.7 Å². The molecule has 2 aromatic carbocycles. The molecule has 0 aliphatic carbocycles. The van der Waals surface area contributed by atoms with Gasteiger partial charge in [0.15, 0.2) is 0 Å². The van der Waals surface area contributed by atoms with Gasteiger partial charge >= 0.3 is 6.18 Å². The average molecular weight is 588 g/mol. The van der Waals surface area contributed by atoms with Gasteiger partial charge in [0.1, 0.15) is 10.0 Å². The van der Waals surface area contributed by atoms with E-state index in [2.05, 4.69) is 59.2 Å². The molecule has 0 saturated carbocycles. The van der Waals surface area contributed by atoms with Crippen molar-refractivity contribution < 1.29 is 13.2 Å². The summed E-state index contributed by atoms with van der Waals surface area (Å²) in [4.78, 5) is 2.42. The molecule has 2 aromatic heterocycles. The van der Waals surface area contributed by atoms with Gasteiger partial charge in [-0.3, -0.25) is 5.43 Å². The standard InChI is InChI=1S/C26H28F3N9S2/c1-16-14-19(31-34-22-9-10-24(39-22)38-11-3-4-12-38)6-7-20(16)32-30-18-5-8-21(17(2)13-18)33-36-25-37-35-23(40-25)15-26(27,28)29/h5-10,13-14,30-32,34H,3-4,11-12,15H2,1-2H3. The van der Waals surface area contributed by atoms with Gasteiger partial charge in [0.2, 0.25) is 0 Å². The average Bonchev–Trinajstić information content (AvgIpc) is 3.68. The second kappa shape index (κ2) is 12.1. The Balaban J connectivity index is 1.13. The molecule has 1 aliphatic rings. The van der Waals surface area contributed by atoms with E-state index in [1.165, 1.54) is 17.8 Å². The van der Waals surface area contributed by atoms with E-state index in [9.17, 15) is 13.2 Å². The number of aryl methyl sites for hydroxylation is 2. The molecular formula is C26H28F3N9S2. The van der Waals surface area contributed by atoms with Crippen LogP contribution in [-0.2, 0) is 6.42 Å². The van der Waals surface area contributed by atoms with Crippen LogP contribution in [-0.4, -0.2) is 29.5 Å². The van der Waals surface area contributed by atoms with Gasteiger partial charge in [-0.2, -0.15) is 13.2 Å². The van der Waals surface area contributed by atoms with Gasteiger partial charge in [0, 0.05) is 13.1 Å². The highest BCUT2D eigenvalue weighted by Crippen LogP contribution is 2.33. The zero-order valence-corrected chi connectivity index (χ0v) is 23.5. The first kappa shape index (κ1) is 27.6. The Morgan fingerprint density at radius 3 is 2.27 bits per heavy atom. The van der Waals surface area contributed by atoms with E-state index in [1.54, 1.807) is 17.4 Å². The summed E-state index contributed by atoms with van der Waals surface area (Å²) >= 11 is 2.51. The maximum absolute atomic E-state index is 12.5. The lowest BCUT2D eigenvalue weighted by Gasteiger charge is -2.15. The summed E-state index contributed by atoms with van der Waals surface area (Å²) in [7, 11) is 0. The first-order chi connectivity index (χ1) is 19.2. The second-order valence-electron chi connectivity index (χ2n) is 9.33. The molecule has 0 radical (unpaired) electrons. The Morgan fingerprint density at radius 1 is 0.825 bits per heavy atom. The number of hydrogen-bond acceptors (Lipinski definition) is 11. The zero-order chi connectivity index (χ0) is 28.1. The second-order valence-corrected chi connectivity index (χ2v) is 11.4. The highest BCUT2D eigenvalue weighted by atomic mass is 32.1. The summed E-state index contributed by atoms with van der Waals surface area (Å²) in [5.41, 5.74) is 18.1. The van der Waals surface area contributed by atoms with Crippen molar-refractivity contribution in [1.82, 2.24) is 10.2 Å². The minimum atomic E-state index is -4.34. The van der Waals surface area contributed by atoms with Crippen molar-refractivity contribution >= 4 is 60.6 Å². The number of thiophene rings is 1. The van der Waals surface area contributed by atoms with E-state index >= 15 is 0 Å². The van der Waals surface area contributed by atoms with Gasteiger partial charge in [-0.15, -0.1) is 20.4 Å². The van der Waals surface area contributed by atoms with Crippen LogP contribution in [0.1, 0.15) is 29.0 Å². The summed E-state index contributed by atoms with van der Waals surface area (Å²) in [6.45, 7) is 6.16. The highest BCUT2D eigenvalue weighted by Gasteiger charge is 2.29. The van der Waals surface area contributed by atoms with Gasteiger partial charge in [0.05, 0.1) is 34.2 Å². The van der Waals surface area contributed by atoms with Crippen LogP contribution in [0, 0.1) is 13.8 Å². The Bertz CT molecular complexity index is 1480. The van der Waals surface area contributed by atoms with Gasteiger partial charge in [-0.05, 0) is 86.3 Å². The molecule has 9 nitrogen and oxygen atoms in total. The summed E-state index contributed by atoms with van der Waals surface area (Å²) in [5, 5.41) is 17.5. The minimum absolute atomic E-state index is 0.0772. The molecule has 14 heteroatoms. The third-order valence-corrected chi connectivity index (χ3v) is 8.02. The van der Waals surface area contributed by atoms with E-state index in [1.807, 2.05) is 44.2 Å². The van der Waals surface area contributed by atoms with Gasteiger partial charge in [-0.25, -0.2) is 0 Å². The van der Waals surface area contributed by atoms with Crippen molar-refractivity contribution in [2.24, 2.45) is 10.2 Å². The lowest BCUT2D eigenvalue weighted by molar-refractivity contribution is -0.127. The first-order valence-corrected chi connectivity index (χ1v) is 14.3. The summed E-state index contributed by atoms with van der Waals surface area (Å²) < 4.78 is 37.5. The SMILES string of the molecule is Cc1cc(NNc2ccc(NNc3ccc(N4CCCC4)s3)cc2C)ccc1N=Nc1nnc(CC(F)(F)F)s1. The largest absolute Gasteiger partial charge is 0.395 e. The third-order valence-electron chi connectivity index (χ3n) is 6.16. The summed E-state index contributed by atoms with van der Waals surface area (Å²) in [6, 6.07) is 15.8. The predicted molar refractivity (Wildman–Crippen MR) is 156 cm³/mol. The number of nitrogens with zero attached hydrogens (tertiary/aromatic N) is 5. The molecule has 0 spiro atoms. The molecule has 5 rings (SSSR count). The van der Waals surface area contributed by atoms with Gasteiger partial charge < -0.3 is 21.2 Å². The number of hydrogen-bond donors (Lipinski definition) is 4. The molecule has 40 heavy (non-hydrogen) atoms. The fourth-order valence-electron chi connectivity index (χ4n) is 4.13. The highest BCUT2D eigenvalue weighted by molar-refractivity contribution is 7.20. The van der Waals surface area contributed by atoms with Crippen molar-refractivity contribution in [2.75, 3.05) is 39.7 Å². The van der Waals surface area contributed by atoms with Gasteiger partial charge in [0.25, 0.3) is 5.13 Å². The lowest BCUT2D eigenvalue weighted by atomic mass is 10.2. The molecular weight excluding hydrogens is 559 g/mol. The molecule has 4 aromatic rings. The van der Waals surface area contributed by atoms with Crippen molar-refractivity contribution in [1.29, 1.82) is 0 Å². The summed E-state index contributed by atoms with van der Waals surface area (Å²) in [5.74, 6) is 0. The molecule has 210 valence electrons. The van der Waals surface area contributed by atoms with Crippen molar-refractivity contribution in [3.8, 4) is 0 Å². The Hall–Kier alpha value is -3.91. The van der Waals surface area contributed by atoms with E-state index in [0.717, 1.165) is 57.6 Å². The van der Waals surface area contributed by atoms with Crippen LogP contribution in [0.15, 0.2) is 58.8 Å². The molecule has 1 saturated heterocycles. The van der Waals surface area contributed by atoms with Crippen molar-refractivity contribution in [2.45, 2.75) is 39.3 Å². The Labute approximate surface area is 237 Å². The smallest absolute Gasteiger partial charge is 0.363 e. The Morgan fingerprint density at radius 2 is 1.55 bits per heavy atom. The van der Waals surface area contributed by atoms with Crippen LogP contribution in [0.25, 0.3) is 0 Å². The molecule has 0 amide bonds. The van der Waals surface area contributed by atoms with E-state index in [4.69, 9.17) is 0 Å². The minimum Gasteiger partial charge on any atom is -0.363 e. The maximum Gasteiger partial charge on any atom is 0.395 e. The fraction of sp³-hybridized carbons (Fsp3) is 0.308. The summed E-state index contributed by atoms with van der Waals surface area (Å²) in [6.07, 6.45) is -2.94. The quantitative estimate of drug-likeness (QED) is 0.110. The molecule has 1 fully saturated rings. The van der Waals surface area contributed by atoms with E-state index < -0.39 is 12.6 Å². The van der Waals surface area contributed by atoms with Crippen LogP contribution < -0.4 is 26.6 Å². The molecule has 1 aliphatic heterocycles. The third kappa shape index (κ3) is 7.39. The van der Waals surface area contributed by atoms with E-state index in [0.29, 0.717) is 5.69 Å². The van der Waals surface area contributed by atoms with E-state index in [-0.39, 0.29) is 10.1 Å². The molecule has 0 atom stereocenters. The monoisotopic (exact) mass is 587 g/mol. The number of nitrogens with one attached hydrogen (secondary N) is 4. The predicted octanol–water partition coefficient (Wildman–Crippen LogP) is 8.21. The van der Waals surface area contributed by atoms with Crippen LogP contribution in [0.4, 0.5) is 51.1 Å². The molecule has 4 N–H and O–H groups in total. The molecule has 0 bridgehead atoms. The number of alkyl halides is 3. The maximum atomic E-state index is 12.5. The number of halogens is 3. The van der Waals surface area contributed by atoms with Crippen LogP contribution in [0.2, 0.25) is 0 Å². The number of anilines is 5. The number of aromatic nitrogens is 2. The topological polar surface area (TPSA) is 102 Å². The molecule has 3 heterocycles. The van der Waals surface area contributed by atoms with Crippen LogP contribution in [0.3, 0.4) is 0 Å². The number of hydrazine groups is 2. The van der Waals surface area contributed by atoms with Gasteiger partial charge in [-0.1, -0.05) is 22.7 Å². The Kier molecular flexibility index (Phi) is 8.35. The first-order valence-electron chi connectivity index (χ1n) is 12.6. The van der Waals surface area contributed by atoms with Crippen molar-refractivity contribution in [3.63, 3.8) is 0 Å². The van der Waals surface area contributed by atoms with Crippen LogP contribution in [0.5, 0.6) is 0 Å².